The molecule has 0 aliphatic carbocycles. The van der Waals surface area contributed by atoms with E-state index in [4.69, 9.17) is 0 Å². The normalized spacial score (nSPS) is 10.6. The maximum Gasteiger partial charge on any atom is 0.170 e. The summed E-state index contributed by atoms with van der Waals surface area (Å²) < 4.78 is 5.22. The highest BCUT2D eigenvalue weighted by atomic mass is 32.2. The number of nitrogens with one attached hydrogen (secondary N) is 1. The van der Waals surface area contributed by atoms with Crippen LogP contribution in [-0.4, -0.2) is 28.2 Å². The lowest BCUT2D eigenvalue weighted by Gasteiger charge is -1.98. The fourth-order valence-corrected chi connectivity index (χ4v) is 2.53. The van der Waals surface area contributed by atoms with Gasteiger partial charge in [0.15, 0.2) is 4.34 Å². The summed E-state index contributed by atoms with van der Waals surface area (Å²) in [5, 5.41) is 3.29. The van der Waals surface area contributed by atoms with Crippen LogP contribution < -0.4 is 5.32 Å². The van der Waals surface area contributed by atoms with Crippen molar-refractivity contribution in [3.8, 4) is 0 Å². The maximum atomic E-state index is 4.28. The first-order valence-electron chi connectivity index (χ1n) is 4.46. The standard InChI is InChI=1S/C8H15N3S2/c1-3-9-5-4-6-12-8-10-7(2)11-13-8/h9H,3-6H2,1-2H3. The Morgan fingerprint density at radius 3 is 3.00 bits per heavy atom. The van der Waals surface area contributed by atoms with E-state index in [0.717, 1.165) is 29.0 Å². The number of rotatable bonds is 6. The number of hydrogen-bond acceptors (Lipinski definition) is 5. The molecule has 0 fully saturated rings. The van der Waals surface area contributed by atoms with Gasteiger partial charge in [-0.05, 0) is 38.0 Å². The molecule has 74 valence electrons. The van der Waals surface area contributed by atoms with Gasteiger partial charge in [-0.3, -0.25) is 0 Å². The molecule has 0 radical (unpaired) electrons. The Morgan fingerprint density at radius 2 is 2.38 bits per heavy atom. The molecule has 1 aromatic heterocycles. The van der Waals surface area contributed by atoms with Gasteiger partial charge in [0, 0.05) is 5.75 Å². The molecule has 0 unspecified atom stereocenters. The van der Waals surface area contributed by atoms with Gasteiger partial charge in [0.2, 0.25) is 0 Å². The van der Waals surface area contributed by atoms with Crippen LogP contribution >= 0.6 is 23.3 Å². The van der Waals surface area contributed by atoms with Gasteiger partial charge in [0.1, 0.15) is 5.82 Å². The van der Waals surface area contributed by atoms with E-state index in [1.54, 1.807) is 11.8 Å². The fourth-order valence-electron chi connectivity index (χ4n) is 0.870. The van der Waals surface area contributed by atoms with Gasteiger partial charge in [-0.2, -0.15) is 4.37 Å². The Labute approximate surface area is 87.5 Å². The molecule has 0 spiro atoms. The number of nitrogens with zero attached hydrogens (tertiary/aromatic N) is 2. The molecule has 0 aliphatic rings. The highest BCUT2D eigenvalue weighted by Crippen LogP contribution is 2.19. The van der Waals surface area contributed by atoms with E-state index < -0.39 is 0 Å². The van der Waals surface area contributed by atoms with E-state index >= 15 is 0 Å². The van der Waals surface area contributed by atoms with Crippen LogP contribution in [0.15, 0.2) is 4.34 Å². The summed E-state index contributed by atoms with van der Waals surface area (Å²) in [4.78, 5) is 4.28. The topological polar surface area (TPSA) is 37.8 Å². The molecule has 0 saturated heterocycles. The first-order valence-corrected chi connectivity index (χ1v) is 6.22. The Morgan fingerprint density at radius 1 is 1.54 bits per heavy atom. The van der Waals surface area contributed by atoms with Crippen molar-refractivity contribution in [2.24, 2.45) is 0 Å². The molecular weight excluding hydrogens is 202 g/mol. The lowest BCUT2D eigenvalue weighted by Crippen LogP contribution is -2.14. The van der Waals surface area contributed by atoms with Crippen LogP contribution in [0, 0.1) is 6.92 Å². The number of hydrogen-bond donors (Lipinski definition) is 1. The summed E-state index contributed by atoms with van der Waals surface area (Å²) >= 11 is 3.29. The van der Waals surface area contributed by atoms with Crippen molar-refractivity contribution in [1.82, 2.24) is 14.7 Å². The predicted molar refractivity (Wildman–Crippen MR) is 58.5 cm³/mol. The van der Waals surface area contributed by atoms with Crippen LogP contribution in [0.1, 0.15) is 19.2 Å². The lowest BCUT2D eigenvalue weighted by atomic mass is 10.5. The molecule has 1 rings (SSSR count). The smallest absolute Gasteiger partial charge is 0.170 e. The predicted octanol–water partition coefficient (Wildman–Crippen LogP) is 1.94. The van der Waals surface area contributed by atoms with Gasteiger partial charge in [0.05, 0.1) is 0 Å². The molecule has 1 N–H and O–H groups in total. The van der Waals surface area contributed by atoms with Crippen LogP contribution in [0.3, 0.4) is 0 Å². The summed E-state index contributed by atoms with van der Waals surface area (Å²) in [6.45, 7) is 6.21. The van der Waals surface area contributed by atoms with Crippen molar-refractivity contribution in [1.29, 1.82) is 0 Å². The Hall–Kier alpha value is -0.130. The van der Waals surface area contributed by atoms with Crippen LogP contribution in [0.4, 0.5) is 0 Å². The SMILES string of the molecule is CCNCCCSc1nc(C)ns1. The molecule has 0 atom stereocenters. The van der Waals surface area contributed by atoms with Gasteiger partial charge < -0.3 is 5.32 Å². The molecular formula is C8H15N3S2. The summed E-state index contributed by atoms with van der Waals surface area (Å²) in [5.41, 5.74) is 0. The van der Waals surface area contributed by atoms with E-state index in [1.807, 2.05) is 6.92 Å². The molecule has 0 saturated carbocycles. The second kappa shape index (κ2) is 6.34. The highest BCUT2D eigenvalue weighted by Gasteiger charge is 1.99. The quantitative estimate of drug-likeness (QED) is 0.584. The van der Waals surface area contributed by atoms with Crippen molar-refractivity contribution in [3.63, 3.8) is 0 Å². The zero-order valence-corrected chi connectivity index (χ0v) is 9.67. The Kier molecular flexibility index (Phi) is 5.34. The third-order valence-corrected chi connectivity index (χ3v) is 3.49. The minimum atomic E-state index is 0.888. The van der Waals surface area contributed by atoms with Crippen molar-refractivity contribution in [2.45, 2.75) is 24.6 Å². The molecule has 0 amide bonds. The van der Waals surface area contributed by atoms with Crippen LogP contribution in [0.2, 0.25) is 0 Å². The monoisotopic (exact) mass is 217 g/mol. The summed E-state index contributed by atoms with van der Waals surface area (Å²) in [7, 11) is 0. The first-order chi connectivity index (χ1) is 6.33. The average Bonchev–Trinajstić information content (AvgIpc) is 2.51. The summed E-state index contributed by atoms with van der Waals surface area (Å²) in [6, 6.07) is 0. The third kappa shape index (κ3) is 4.59. The molecule has 0 bridgehead atoms. The minimum absolute atomic E-state index is 0.888. The van der Waals surface area contributed by atoms with Crippen LogP contribution in [-0.2, 0) is 0 Å². The molecule has 1 heterocycles. The van der Waals surface area contributed by atoms with E-state index in [1.165, 1.54) is 18.0 Å². The molecule has 13 heavy (non-hydrogen) atoms. The molecule has 3 nitrogen and oxygen atoms in total. The molecule has 5 heteroatoms. The van der Waals surface area contributed by atoms with Gasteiger partial charge in [0.25, 0.3) is 0 Å². The van der Waals surface area contributed by atoms with E-state index in [-0.39, 0.29) is 0 Å². The van der Waals surface area contributed by atoms with Gasteiger partial charge >= 0.3 is 0 Å². The highest BCUT2D eigenvalue weighted by molar-refractivity contribution is 8.00. The molecule has 1 aromatic rings. The zero-order valence-electron chi connectivity index (χ0n) is 8.04. The van der Waals surface area contributed by atoms with E-state index in [9.17, 15) is 0 Å². The first kappa shape index (κ1) is 10.9. The average molecular weight is 217 g/mol. The van der Waals surface area contributed by atoms with Crippen LogP contribution in [0.5, 0.6) is 0 Å². The summed E-state index contributed by atoms with van der Waals surface area (Å²) in [6.07, 6.45) is 1.19. The largest absolute Gasteiger partial charge is 0.317 e. The summed E-state index contributed by atoms with van der Waals surface area (Å²) in [5.74, 6) is 2.01. The number of aryl methyl sites for hydroxylation is 1. The Balaban J connectivity index is 2.06. The second-order valence-corrected chi connectivity index (χ2v) is 4.76. The van der Waals surface area contributed by atoms with Crippen molar-refractivity contribution < 1.29 is 0 Å². The van der Waals surface area contributed by atoms with Crippen LogP contribution in [0.25, 0.3) is 0 Å². The van der Waals surface area contributed by atoms with E-state index in [0.29, 0.717) is 0 Å². The van der Waals surface area contributed by atoms with Gasteiger partial charge in [-0.25, -0.2) is 4.98 Å². The second-order valence-electron chi connectivity index (χ2n) is 2.66. The fraction of sp³-hybridized carbons (Fsp3) is 0.750. The number of aromatic nitrogens is 2. The third-order valence-electron chi connectivity index (χ3n) is 1.48. The van der Waals surface area contributed by atoms with Gasteiger partial charge in [-0.1, -0.05) is 18.7 Å². The van der Waals surface area contributed by atoms with Crippen molar-refractivity contribution in [3.05, 3.63) is 5.82 Å². The van der Waals surface area contributed by atoms with E-state index in [2.05, 4.69) is 21.6 Å². The maximum absolute atomic E-state index is 4.28. The van der Waals surface area contributed by atoms with Gasteiger partial charge in [-0.15, -0.1) is 0 Å². The lowest BCUT2D eigenvalue weighted by molar-refractivity contribution is 0.707. The zero-order chi connectivity index (χ0) is 9.52. The van der Waals surface area contributed by atoms with Crippen molar-refractivity contribution >= 4 is 23.3 Å². The molecule has 0 aromatic carbocycles. The Bertz CT molecular complexity index is 237. The van der Waals surface area contributed by atoms with Crippen molar-refractivity contribution in [2.75, 3.05) is 18.8 Å². The number of thioether (sulfide) groups is 1. The minimum Gasteiger partial charge on any atom is -0.317 e. The molecule has 0 aliphatic heterocycles.